The van der Waals surface area contributed by atoms with Crippen LogP contribution < -0.4 is 0 Å². The standard InChI is InChI=1S/C20H23NO3/c1-15(2)24-21-16(3)18-11-9-17(10-12-18)13-14-23-20(22)19-7-5-4-6-8-19/h4-12,15H,13-14H2,1-3H3/b21-16+. The average molecular weight is 325 g/mol. The Balaban J connectivity index is 1.84. The smallest absolute Gasteiger partial charge is 0.338 e. The molecule has 0 aliphatic carbocycles. The highest BCUT2D eigenvalue weighted by Gasteiger charge is 2.06. The summed E-state index contributed by atoms with van der Waals surface area (Å²) in [4.78, 5) is 17.1. The summed E-state index contributed by atoms with van der Waals surface area (Å²) in [6.45, 7) is 6.16. The van der Waals surface area contributed by atoms with Gasteiger partial charge in [-0.15, -0.1) is 0 Å². The summed E-state index contributed by atoms with van der Waals surface area (Å²) >= 11 is 0. The highest BCUT2D eigenvalue weighted by atomic mass is 16.6. The Labute approximate surface area is 143 Å². The van der Waals surface area contributed by atoms with E-state index in [-0.39, 0.29) is 12.1 Å². The lowest BCUT2D eigenvalue weighted by Crippen LogP contribution is -2.08. The van der Waals surface area contributed by atoms with Gasteiger partial charge >= 0.3 is 5.97 Å². The van der Waals surface area contributed by atoms with Crippen LogP contribution >= 0.6 is 0 Å². The first kappa shape index (κ1) is 17.7. The lowest BCUT2D eigenvalue weighted by Gasteiger charge is -2.07. The minimum absolute atomic E-state index is 0.0681. The summed E-state index contributed by atoms with van der Waals surface area (Å²) in [5.41, 5.74) is 3.54. The molecule has 0 amide bonds. The van der Waals surface area contributed by atoms with Gasteiger partial charge in [0, 0.05) is 6.42 Å². The van der Waals surface area contributed by atoms with Gasteiger partial charge in [0.2, 0.25) is 0 Å². The molecule has 0 unspecified atom stereocenters. The topological polar surface area (TPSA) is 47.9 Å². The molecule has 0 bridgehead atoms. The molecule has 0 saturated carbocycles. The lowest BCUT2D eigenvalue weighted by molar-refractivity contribution is 0.0509. The van der Waals surface area contributed by atoms with Crippen molar-refractivity contribution in [3.05, 3.63) is 71.3 Å². The van der Waals surface area contributed by atoms with Gasteiger partial charge in [0.1, 0.15) is 6.10 Å². The second-order valence-electron chi connectivity index (χ2n) is 5.78. The van der Waals surface area contributed by atoms with Crippen LogP contribution in [0.15, 0.2) is 59.8 Å². The van der Waals surface area contributed by atoms with E-state index in [9.17, 15) is 4.79 Å². The molecule has 0 fully saturated rings. The Kier molecular flexibility index (Phi) is 6.55. The fraction of sp³-hybridized carbons (Fsp3) is 0.300. The van der Waals surface area contributed by atoms with Crippen LogP contribution in [0.5, 0.6) is 0 Å². The van der Waals surface area contributed by atoms with Gasteiger partial charge in [-0.3, -0.25) is 0 Å². The van der Waals surface area contributed by atoms with Gasteiger partial charge in [0.25, 0.3) is 0 Å². The van der Waals surface area contributed by atoms with Crippen molar-refractivity contribution < 1.29 is 14.4 Å². The summed E-state index contributed by atoms with van der Waals surface area (Å²) in [7, 11) is 0. The molecule has 0 heterocycles. The number of benzene rings is 2. The van der Waals surface area contributed by atoms with Crippen molar-refractivity contribution in [1.82, 2.24) is 0 Å². The molecule has 0 aliphatic heterocycles. The van der Waals surface area contributed by atoms with Crippen LogP contribution in [0.4, 0.5) is 0 Å². The quantitative estimate of drug-likeness (QED) is 0.435. The van der Waals surface area contributed by atoms with Gasteiger partial charge in [0.15, 0.2) is 0 Å². The molecule has 4 nitrogen and oxygen atoms in total. The minimum Gasteiger partial charge on any atom is -0.462 e. The Bertz CT molecular complexity index is 676. The van der Waals surface area contributed by atoms with Crippen molar-refractivity contribution in [3.8, 4) is 0 Å². The molecule has 2 aromatic rings. The van der Waals surface area contributed by atoms with Gasteiger partial charge in [0.05, 0.1) is 17.9 Å². The molecule has 0 aliphatic rings. The highest BCUT2D eigenvalue weighted by molar-refractivity contribution is 5.98. The maximum atomic E-state index is 11.9. The van der Waals surface area contributed by atoms with Crippen molar-refractivity contribution in [2.75, 3.05) is 6.61 Å². The summed E-state index contributed by atoms with van der Waals surface area (Å²) in [5.74, 6) is -0.291. The number of oxime groups is 1. The average Bonchev–Trinajstić information content (AvgIpc) is 2.61. The number of ether oxygens (including phenoxy) is 1. The molecular weight excluding hydrogens is 302 g/mol. The predicted molar refractivity (Wildman–Crippen MR) is 95.3 cm³/mol. The van der Waals surface area contributed by atoms with Crippen molar-refractivity contribution in [2.45, 2.75) is 33.3 Å². The van der Waals surface area contributed by atoms with Crippen LogP contribution in [0.25, 0.3) is 0 Å². The molecule has 0 spiro atoms. The summed E-state index contributed by atoms with van der Waals surface area (Å²) in [6.07, 6.45) is 0.746. The summed E-state index contributed by atoms with van der Waals surface area (Å²) in [5, 5.41) is 4.09. The van der Waals surface area contributed by atoms with Crippen molar-refractivity contribution in [3.63, 3.8) is 0 Å². The van der Waals surface area contributed by atoms with E-state index < -0.39 is 0 Å². The molecule has 0 radical (unpaired) electrons. The number of carbonyl (C=O) groups is 1. The third-order valence-corrected chi connectivity index (χ3v) is 3.41. The SMILES string of the molecule is C/C(=N\OC(C)C)c1ccc(CCOC(=O)c2ccccc2)cc1. The molecular formula is C20H23NO3. The van der Waals surface area contributed by atoms with Gasteiger partial charge in [-0.1, -0.05) is 47.6 Å². The first-order valence-corrected chi connectivity index (χ1v) is 8.08. The Morgan fingerprint density at radius 2 is 1.67 bits per heavy atom. The van der Waals surface area contributed by atoms with E-state index in [1.54, 1.807) is 12.1 Å². The van der Waals surface area contributed by atoms with Crippen molar-refractivity contribution in [1.29, 1.82) is 0 Å². The molecule has 0 aromatic heterocycles. The van der Waals surface area contributed by atoms with Crippen LogP contribution in [-0.2, 0) is 16.0 Å². The number of rotatable bonds is 7. The number of carbonyl (C=O) groups excluding carboxylic acids is 1. The third kappa shape index (κ3) is 5.54. The monoisotopic (exact) mass is 325 g/mol. The van der Waals surface area contributed by atoms with Crippen LogP contribution in [-0.4, -0.2) is 24.4 Å². The second kappa shape index (κ2) is 8.87. The Morgan fingerprint density at radius 3 is 2.29 bits per heavy atom. The van der Waals surface area contributed by atoms with Crippen molar-refractivity contribution >= 4 is 11.7 Å². The fourth-order valence-electron chi connectivity index (χ4n) is 2.07. The third-order valence-electron chi connectivity index (χ3n) is 3.41. The normalized spacial score (nSPS) is 11.4. The van der Waals surface area contributed by atoms with Gasteiger partial charge in [-0.25, -0.2) is 4.79 Å². The van der Waals surface area contributed by atoms with Gasteiger partial charge in [-0.2, -0.15) is 0 Å². The number of hydrogen-bond acceptors (Lipinski definition) is 4. The molecule has 24 heavy (non-hydrogen) atoms. The van der Waals surface area contributed by atoms with Crippen LogP contribution in [0.1, 0.15) is 42.3 Å². The molecule has 2 rings (SSSR count). The number of hydrogen-bond donors (Lipinski definition) is 0. The van der Waals surface area contributed by atoms with E-state index in [2.05, 4.69) is 5.16 Å². The Morgan fingerprint density at radius 1 is 1.00 bits per heavy atom. The molecule has 0 atom stereocenters. The van der Waals surface area contributed by atoms with E-state index in [0.29, 0.717) is 18.6 Å². The predicted octanol–water partition coefficient (Wildman–Crippen LogP) is 4.24. The molecule has 2 aromatic carbocycles. The maximum Gasteiger partial charge on any atom is 0.338 e. The van der Waals surface area contributed by atoms with E-state index in [1.807, 2.05) is 63.2 Å². The summed E-state index contributed by atoms with van der Waals surface area (Å²) < 4.78 is 5.29. The number of esters is 1. The molecule has 0 N–H and O–H groups in total. The Hall–Kier alpha value is -2.62. The van der Waals surface area contributed by atoms with Gasteiger partial charge in [-0.05, 0) is 44.0 Å². The zero-order valence-electron chi connectivity index (χ0n) is 14.4. The van der Waals surface area contributed by atoms with E-state index in [1.165, 1.54) is 0 Å². The summed E-state index contributed by atoms with van der Waals surface area (Å²) in [6, 6.07) is 17.0. The first-order chi connectivity index (χ1) is 11.6. The van der Waals surface area contributed by atoms with Crippen molar-refractivity contribution in [2.24, 2.45) is 5.16 Å². The van der Waals surface area contributed by atoms with Crippen LogP contribution in [0, 0.1) is 0 Å². The molecule has 0 saturated heterocycles. The maximum absolute atomic E-state index is 11.9. The molecule has 126 valence electrons. The zero-order chi connectivity index (χ0) is 17.4. The minimum atomic E-state index is -0.291. The first-order valence-electron chi connectivity index (χ1n) is 8.08. The second-order valence-corrected chi connectivity index (χ2v) is 5.78. The molecule has 4 heteroatoms. The van der Waals surface area contributed by atoms with E-state index in [0.717, 1.165) is 16.8 Å². The highest BCUT2D eigenvalue weighted by Crippen LogP contribution is 2.08. The van der Waals surface area contributed by atoms with Gasteiger partial charge < -0.3 is 9.57 Å². The lowest BCUT2D eigenvalue weighted by atomic mass is 10.1. The zero-order valence-corrected chi connectivity index (χ0v) is 14.4. The largest absolute Gasteiger partial charge is 0.462 e. The fourth-order valence-corrected chi connectivity index (χ4v) is 2.07. The van der Waals surface area contributed by atoms with E-state index >= 15 is 0 Å². The van der Waals surface area contributed by atoms with Crippen LogP contribution in [0.2, 0.25) is 0 Å². The number of nitrogens with zero attached hydrogens (tertiary/aromatic N) is 1. The van der Waals surface area contributed by atoms with Crippen LogP contribution in [0.3, 0.4) is 0 Å². The van der Waals surface area contributed by atoms with E-state index in [4.69, 9.17) is 9.57 Å².